The lowest BCUT2D eigenvalue weighted by Gasteiger charge is -2.29. The Morgan fingerprint density at radius 2 is 2.23 bits per heavy atom. The van der Waals surface area contributed by atoms with E-state index in [4.69, 9.17) is 4.52 Å². The number of hydrogen-bond donors (Lipinski definition) is 1. The number of likely N-dealkylation sites (N-methyl/N-ethyl adjacent to an activating group) is 1. The van der Waals surface area contributed by atoms with Crippen LogP contribution in [0.5, 0.6) is 0 Å². The van der Waals surface area contributed by atoms with Crippen LogP contribution in [0.3, 0.4) is 0 Å². The first-order valence-corrected chi connectivity index (χ1v) is 8.91. The summed E-state index contributed by atoms with van der Waals surface area (Å²) in [4.78, 5) is 20.9. The molecule has 3 rings (SSSR count). The van der Waals surface area contributed by atoms with Crippen LogP contribution in [0.25, 0.3) is 0 Å². The van der Waals surface area contributed by atoms with E-state index in [2.05, 4.69) is 10.1 Å². The number of aliphatic hydroxyl groups is 1. The molecule has 0 saturated carbocycles. The number of β-amino-alcohol motifs (C(OH)–C–C–N with tert-alkyl or cyclic N) is 1. The van der Waals surface area contributed by atoms with Crippen LogP contribution in [0.1, 0.15) is 48.0 Å². The van der Waals surface area contributed by atoms with Gasteiger partial charge in [0.25, 0.3) is 5.91 Å². The van der Waals surface area contributed by atoms with Crippen LogP contribution in [-0.2, 0) is 0 Å². The van der Waals surface area contributed by atoms with E-state index in [0.717, 1.165) is 5.82 Å². The molecule has 7 nitrogen and oxygen atoms in total. The molecule has 1 fully saturated rings. The van der Waals surface area contributed by atoms with Gasteiger partial charge < -0.3 is 19.4 Å². The molecule has 2 aromatic rings. The van der Waals surface area contributed by atoms with Gasteiger partial charge in [0.2, 0.25) is 0 Å². The molecule has 0 radical (unpaired) electrons. The number of carbonyl (C=O) groups is 1. The summed E-state index contributed by atoms with van der Waals surface area (Å²) >= 11 is 0. The summed E-state index contributed by atoms with van der Waals surface area (Å²) in [7, 11) is 1.71. The maximum absolute atomic E-state index is 12.9. The van der Waals surface area contributed by atoms with E-state index in [1.807, 2.05) is 36.9 Å². The number of aryl methyl sites for hydroxylation is 1. The molecule has 26 heavy (non-hydrogen) atoms. The number of aromatic nitrogens is 2. The van der Waals surface area contributed by atoms with Gasteiger partial charge in [-0.05, 0) is 31.4 Å². The van der Waals surface area contributed by atoms with Gasteiger partial charge in [-0.3, -0.25) is 4.79 Å². The van der Waals surface area contributed by atoms with Crippen LogP contribution in [0, 0.1) is 6.92 Å². The molecule has 1 atom stereocenters. The highest BCUT2D eigenvalue weighted by atomic mass is 16.5. The van der Waals surface area contributed by atoms with E-state index in [1.54, 1.807) is 25.1 Å². The minimum atomic E-state index is -0.967. The number of carbonyl (C=O) groups excluding carboxylic acids is 1. The average Bonchev–Trinajstić information content (AvgIpc) is 3.18. The van der Waals surface area contributed by atoms with Gasteiger partial charge in [0.15, 0.2) is 0 Å². The zero-order valence-electron chi connectivity index (χ0n) is 15.8. The SMILES string of the molecule is Cc1onc(C(C)C)c1C(=O)N(C)CC1(O)CCN(c2ccccn2)C1. The van der Waals surface area contributed by atoms with Crippen molar-refractivity contribution < 1.29 is 14.4 Å². The highest BCUT2D eigenvalue weighted by Crippen LogP contribution is 2.28. The fourth-order valence-corrected chi connectivity index (χ4v) is 3.47. The molecule has 0 aromatic carbocycles. The summed E-state index contributed by atoms with van der Waals surface area (Å²) < 4.78 is 5.22. The van der Waals surface area contributed by atoms with Gasteiger partial charge in [-0.1, -0.05) is 25.1 Å². The maximum atomic E-state index is 12.9. The lowest BCUT2D eigenvalue weighted by Crippen LogP contribution is -2.46. The van der Waals surface area contributed by atoms with Gasteiger partial charge in [-0.2, -0.15) is 0 Å². The number of amides is 1. The van der Waals surface area contributed by atoms with Crippen LogP contribution < -0.4 is 4.90 Å². The smallest absolute Gasteiger partial charge is 0.259 e. The molecule has 0 aliphatic carbocycles. The van der Waals surface area contributed by atoms with Crippen molar-refractivity contribution in [3.8, 4) is 0 Å². The Bertz CT molecular complexity index is 774. The largest absolute Gasteiger partial charge is 0.386 e. The molecular formula is C19H26N4O3. The Balaban J connectivity index is 1.71. The normalized spacial score (nSPS) is 20.0. The van der Waals surface area contributed by atoms with Crippen LogP contribution in [-0.4, -0.2) is 58.3 Å². The highest BCUT2D eigenvalue weighted by molar-refractivity contribution is 5.96. The number of hydrogen-bond acceptors (Lipinski definition) is 6. The van der Waals surface area contributed by atoms with Crippen LogP contribution in [0.15, 0.2) is 28.9 Å². The van der Waals surface area contributed by atoms with Crippen molar-refractivity contribution in [3.05, 3.63) is 41.4 Å². The molecule has 140 valence electrons. The van der Waals surface area contributed by atoms with Gasteiger partial charge in [0, 0.05) is 26.3 Å². The maximum Gasteiger partial charge on any atom is 0.259 e. The standard InChI is InChI=1S/C19H26N4O3/c1-13(2)17-16(14(3)26-21-17)18(24)22(4)11-19(25)8-10-23(12-19)15-7-5-6-9-20-15/h5-7,9,13,25H,8,10-12H2,1-4H3. The van der Waals surface area contributed by atoms with Crippen LogP contribution in [0.4, 0.5) is 5.82 Å². The number of anilines is 1. The van der Waals surface area contributed by atoms with Gasteiger partial charge in [0.1, 0.15) is 22.7 Å². The lowest BCUT2D eigenvalue weighted by atomic mass is 10.0. The second kappa shape index (κ2) is 7.07. The zero-order chi connectivity index (χ0) is 18.9. The zero-order valence-corrected chi connectivity index (χ0v) is 15.8. The minimum absolute atomic E-state index is 0.0917. The fraction of sp³-hybridized carbons (Fsp3) is 0.526. The predicted octanol–water partition coefficient (Wildman–Crippen LogP) is 2.21. The Morgan fingerprint density at radius 1 is 1.46 bits per heavy atom. The molecule has 1 aliphatic heterocycles. The topological polar surface area (TPSA) is 82.7 Å². The van der Waals surface area contributed by atoms with E-state index >= 15 is 0 Å². The van der Waals surface area contributed by atoms with Gasteiger partial charge in [-0.25, -0.2) is 4.98 Å². The monoisotopic (exact) mass is 358 g/mol. The Labute approximate surface area is 153 Å². The molecule has 1 saturated heterocycles. The molecule has 1 amide bonds. The fourth-order valence-electron chi connectivity index (χ4n) is 3.47. The third-order valence-electron chi connectivity index (χ3n) is 4.83. The van der Waals surface area contributed by atoms with E-state index in [-0.39, 0.29) is 18.4 Å². The van der Waals surface area contributed by atoms with Crippen molar-refractivity contribution in [2.45, 2.75) is 38.7 Å². The summed E-state index contributed by atoms with van der Waals surface area (Å²) in [6.45, 7) is 7.09. The van der Waals surface area contributed by atoms with Gasteiger partial charge in [-0.15, -0.1) is 0 Å². The van der Waals surface area contributed by atoms with Crippen molar-refractivity contribution in [1.29, 1.82) is 0 Å². The Hall–Kier alpha value is -2.41. The molecule has 0 bridgehead atoms. The Kier molecular flexibility index (Phi) is 5.00. The van der Waals surface area contributed by atoms with Crippen molar-refractivity contribution in [2.24, 2.45) is 0 Å². The Morgan fingerprint density at radius 3 is 2.88 bits per heavy atom. The lowest BCUT2D eigenvalue weighted by molar-refractivity contribution is 0.0263. The molecule has 2 aromatic heterocycles. The molecule has 1 N–H and O–H groups in total. The summed E-state index contributed by atoms with van der Waals surface area (Å²) in [5, 5.41) is 15.0. The first-order chi connectivity index (χ1) is 12.3. The first kappa shape index (κ1) is 18.4. The second-order valence-electron chi connectivity index (χ2n) is 7.40. The minimum Gasteiger partial charge on any atom is -0.386 e. The van der Waals surface area contributed by atoms with Gasteiger partial charge in [0.05, 0.1) is 12.2 Å². The van der Waals surface area contributed by atoms with Crippen molar-refractivity contribution in [3.63, 3.8) is 0 Å². The molecule has 7 heteroatoms. The molecule has 0 spiro atoms. The third kappa shape index (κ3) is 3.58. The molecular weight excluding hydrogens is 332 g/mol. The predicted molar refractivity (Wildman–Crippen MR) is 98.3 cm³/mol. The van der Waals surface area contributed by atoms with E-state index in [0.29, 0.717) is 36.5 Å². The summed E-state index contributed by atoms with van der Waals surface area (Å²) in [5.74, 6) is 1.28. The van der Waals surface area contributed by atoms with Gasteiger partial charge >= 0.3 is 0 Å². The van der Waals surface area contributed by atoms with Crippen LogP contribution >= 0.6 is 0 Å². The molecule has 3 heterocycles. The van der Waals surface area contributed by atoms with Crippen molar-refractivity contribution in [2.75, 3.05) is 31.6 Å². The van der Waals surface area contributed by atoms with E-state index < -0.39 is 5.60 Å². The number of pyridine rings is 1. The quantitative estimate of drug-likeness (QED) is 0.882. The van der Waals surface area contributed by atoms with E-state index in [1.165, 1.54) is 0 Å². The third-order valence-corrected chi connectivity index (χ3v) is 4.83. The number of rotatable bonds is 5. The first-order valence-electron chi connectivity index (χ1n) is 8.91. The van der Waals surface area contributed by atoms with Crippen LogP contribution in [0.2, 0.25) is 0 Å². The van der Waals surface area contributed by atoms with Crippen molar-refractivity contribution >= 4 is 11.7 Å². The highest BCUT2D eigenvalue weighted by Gasteiger charge is 2.39. The van der Waals surface area contributed by atoms with Crippen molar-refractivity contribution in [1.82, 2.24) is 15.0 Å². The molecule has 1 aliphatic rings. The summed E-state index contributed by atoms with van der Waals surface area (Å²) in [5.41, 5.74) is 0.198. The average molecular weight is 358 g/mol. The molecule has 1 unspecified atom stereocenters. The summed E-state index contributed by atoms with van der Waals surface area (Å²) in [6.07, 6.45) is 2.32. The summed E-state index contributed by atoms with van der Waals surface area (Å²) in [6, 6.07) is 5.72. The second-order valence-corrected chi connectivity index (χ2v) is 7.40. The number of nitrogens with zero attached hydrogens (tertiary/aromatic N) is 4. The van der Waals surface area contributed by atoms with E-state index in [9.17, 15) is 9.90 Å².